The molecular weight excluding hydrogens is 231 g/mol. The number of rotatable bonds is 2. The minimum Gasteiger partial charge on any atom is -0.269 e. The van der Waals surface area contributed by atoms with Crippen LogP contribution in [0, 0.1) is 0 Å². The van der Waals surface area contributed by atoms with Gasteiger partial charge in [0.15, 0.2) is 0 Å². The standard InChI is InChI=1S/C11H10Cl2N2/c1-15-9(7-12)10(13)11(14-15)8-5-3-2-4-6-8/h2-6H,7H2,1H3. The largest absolute Gasteiger partial charge is 0.269 e. The highest BCUT2D eigenvalue weighted by Gasteiger charge is 2.14. The number of aryl methyl sites for hydroxylation is 1. The van der Waals surface area contributed by atoms with E-state index in [-0.39, 0.29) is 0 Å². The van der Waals surface area contributed by atoms with Gasteiger partial charge in [0.2, 0.25) is 0 Å². The van der Waals surface area contributed by atoms with Crippen LogP contribution in [0.25, 0.3) is 11.3 Å². The van der Waals surface area contributed by atoms with Crippen LogP contribution in [-0.2, 0) is 12.9 Å². The van der Waals surface area contributed by atoms with E-state index in [4.69, 9.17) is 23.2 Å². The molecular formula is C11H10Cl2N2. The van der Waals surface area contributed by atoms with Crippen LogP contribution in [0.4, 0.5) is 0 Å². The first-order valence-electron chi connectivity index (χ1n) is 4.56. The van der Waals surface area contributed by atoms with Crippen molar-refractivity contribution in [3.05, 3.63) is 41.0 Å². The molecule has 0 saturated heterocycles. The van der Waals surface area contributed by atoms with E-state index in [1.54, 1.807) is 4.68 Å². The highest BCUT2D eigenvalue weighted by atomic mass is 35.5. The predicted molar refractivity (Wildman–Crippen MR) is 63.2 cm³/mol. The molecule has 0 aliphatic heterocycles. The van der Waals surface area contributed by atoms with Crippen molar-refractivity contribution >= 4 is 23.2 Å². The number of benzene rings is 1. The van der Waals surface area contributed by atoms with Crippen LogP contribution in [-0.4, -0.2) is 9.78 Å². The molecule has 4 heteroatoms. The van der Waals surface area contributed by atoms with Crippen molar-refractivity contribution in [3.8, 4) is 11.3 Å². The fourth-order valence-corrected chi connectivity index (χ4v) is 2.17. The normalized spacial score (nSPS) is 10.6. The lowest BCUT2D eigenvalue weighted by Gasteiger charge is -1.95. The van der Waals surface area contributed by atoms with Crippen LogP contribution in [0.2, 0.25) is 5.02 Å². The van der Waals surface area contributed by atoms with Gasteiger partial charge in [-0.15, -0.1) is 11.6 Å². The maximum Gasteiger partial charge on any atom is 0.111 e. The minimum absolute atomic E-state index is 0.370. The van der Waals surface area contributed by atoms with Gasteiger partial charge in [-0.1, -0.05) is 41.9 Å². The molecule has 78 valence electrons. The molecule has 1 aromatic heterocycles. The van der Waals surface area contributed by atoms with E-state index in [9.17, 15) is 0 Å². The van der Waals surface area contributed by atoms with Crippen molar-refractivity contribution in [2.45, 2.75) is 5.88 Å². The van der Waals surface area contributed by atoms with Crippen LogP contribution in [0.1, 0.15) is 5.69 Å². The number of aromatic nitrogens is 2. The number of halogens is 2. The molecule has 0 N–H and O–H groups in total. The van der Waals surface area contributed by atoms with Gasteiger partial charge in [-0.05, 0) is 0 Å². The maximum absolute atomic E-state index is 6.20. The number of hydrogen-bond acceptors (Lipinski definition) is 1. The topological polar surface area (TPSA) is 17.8 Å². The predicted octanol–water partition coefficient (Wildman–Crippen LogP) is 3.48. The molecule has 0 bridgehead atoms. The van der Waals surface area contributed by atoms with Gasteiger partial charge >= 0.3 is 0 Å². The summed E-state index contributed by atoms with van der Waals surface area (Å²) in [5.74, 6) is 0.370. The Morgan fingerprint density at radius 2 is 1.93 bits per heavy atom. The zero-order valence-electron chi connectivity index (χ0n) is 8.24. The lowest BCUT2D eigenvalue weighted by atomic mass is 10.1. The summed E-state index contributed by atoms with van der Waals surface area (Å²) in [4.78, 5) is 0. The van der Waals surface area contributed by atoms with Crippen molar-refractivity contribution in [3.63, 3.8) is 0 Å². The Kier molecular flexibility index (Phi) is 2.98. The van der Waals surface area contributed by atoms with E-state index in [2.05, 4.69) is 5.10 Å². The Bertz CT molecular complexity index is 463. The monoisotopic (exact) mass is 240 g/mol. The highest BCUT2D eigenvalue weighted by molar-refractivity contribution is 6.34. The molecule has 0 fully saturated rings. The average molecular weight is 241 g/mol. The van der Waals surface area contributed by atoms with Gasteiger partial charge in [0.25, 0.3) is 0 Å². The lowest BCUT2D eigenvalue weighted by Crippen LogP contribution is -1.95. The minimum atomic E-state index is 0.370. The summed E-state index contributed by atoms with van der Waals surface area (Å²) in [6.45, 7) is 0. The van der Waals surface area contributed by atoms with Crippen molar-refractivity contribution in [2.75, 3.05) is 0 Å². The molecule has 0 aliphatic carbocycles. The van der Waals surface area contributed by atoms with Crippen molar-refractivity contribution in [1.29, 1.82) is 0 Å². The first-order chi connectivity index (χ1) is 7.24. The molecule has 15 heavy (non-hydrogen) atoms. The lowest BCUT2D eigenvalue weighted by molar-refractivity contribution is 0.738. The summed E-state index contributed by atoms with van der Waals surface area (Å²) in [7, 11) is 1.84. The van der Waals surface area contributed by atoms with E-state index >= 15 is 0 Å². The highest BCUT2D eigenvalue weighted by Crippen LogP contribution is 2.30. The van der Waals surface area contributed by atoms with E-state index in [1.165, 1.54) is 0 Å². The fourth-order valence-electron chi connectivity index (χ4n) is 1.46. The Morgan fingerprint density at radius 3 is 2.47 bits per heavy atom. The van der Waals surface area contributed by atoms with Gasteiger partial charge in [0.1, 0.15) is 5.69 Å². The maximum atomic E-state index is 6.20. The van der Waals surface area contributed by atoms with Gasteiger partial charge < -0.3 is 0 Å². The Hall–Kier alpha value is -0.990. The molecule has 1 aromatic carbocycles. The molecule has 0 atom stereocenters. The first kappa shape index (κ1) is 10.5. The van der Waals surface area contributed by atoms with Gasteiger partial charge in [0.05, 0.1) is 16.6 Å². The Morgan fingerprint density at radius 1 is 1.27 bits per heavy atom. The summed E-state index contributed by atoms with van der Waals surface area (Å²) >= 11 is 12.0. The summed E-state index contributed by atoms with van der Waals surface area (Å²) in [6, 6.07) is 9.84. The molecule has 2 nitrogen and oxygen atoms in total. The summed E-state index contributed by atoms with van der Waals surface area (Å²) in [6.07, 6.45) is 0. The molecule has 0 aliphatic rings. The summed E-state index contributed by atoms with van der Waals surface area (Å²) in [5, 5.41) is 4.99. The van der Waals surface area contributed by atoms with E-state index < -0.39 is 0 Å². The zero-order chi connectivity index (χ0) is 10.8. The molecule has 0 radical (unpaired) electrons. The number of hydrogen-bond donors (Lipinski definition) is 0. The molecule has 1 heterocycles. The van der Waals surface area contributed by atoms with E-state index in [0.717, 1.165) is 17.0 Å². The number of alkyl halides is 1. The summed E-state index contributed by atoms with van der Waals surface area (Å²) < 4.78 is 1.72. The molecule has 0 spiro atoms. The van der Waals surface area contributed by atoms with Crippen molar-refractivity contribution in [2.24, 2.45) is 7.05 Å². The van der Waals surface area contributed by atoms with Gasteiger partial charge in [-0.25, -0.2) is 0 Å². The van der Waals surface area contributed by atoms with Gasteiger partial charge in [-0.2, -0.15) is 5.10 Å². The second kappa shape index (κ2) is 4.25. The third-order valence-corrected chi connectivity index (χ3v) is 2.93. The SMILES string of the molecule is Cn1nc(-c2ccccc2)c(Cl)c1CCl. The molecule has 0 unspecified atom stereocenters. The van der Waals surface area contributed by atoms with Crippen LogP contribution in [0.15, 0.2) is 30.3 Å². The Balaban J connectivity index is 2.55. The molecule has 2 rings (SSSR count). The van der Waals surface area contributed by atoms with Gasteiger partial charge in [-0.3, -0.25) is 4.68 Å². The summed E-state index contributed by atoms with van der Waals surface area (Å²) in [5.41, 5.74) is 2.64. The zero-order valence-corrected chi connectivity index (χ0v) is 9.76. The second-order valence-electron chi connectivity index (χ2n) is 3.23. The molecule has 2 aromatic rings. The van der Waals surface area contributed by atoms with Crippen LogP contribution >= 0.6 is 23.2 Å². The molecule has 0 saturated carbocycles. The smallest absolute Gasteiger partial charge is 0.111 e. The van der Waals surface area contributed by atoms with Crippen LogP contribution in [0.3, 0.4) is 0 Å². The third kappa shape index (κ3) is 1.87. The Labute approximate surface area is 98.4 Å². The van der Waals surface area contributed by atoms with Gasteiger partial charge in [0, 0.05) is 12.6 Å². The molecule has 0 amide bonds. The number of nitrogens with zero attached hydrogens (tertiary/aromatic N) is 2. The second-order valence-corrected chi connectivity index (χ2v) is 3.88. The first-order valence-corrected chi connectivity index (χ1v) is 5.48. The quantitative estimate of drug-likeness (QED) is 0.736. The van der Waals surface area contributed by atoms with E-state index in [0.29, 0.717) is 10.9 Å². The van der Waals surface area contributed by atoms with E-state index in [1.807, 2.05) is 37.4 Å². The van der Waals surface area contributed by atoms with Crippen molar-refractivity contribution in [1.82, 2.24) is 9.78 Å². The van der Waals surface area contributed by atoms with Crippen LogP contribution in [0.5, 0.6) is 0 Å². The fraction of sp³-hybridized carbons (Fsp3) is 0.182. The third-order valence-electron chi connectivity index (χ3n) is 2.28. The average Bonchev–Trinajstić information content (AvgIpc) is 2.55. The van der Waals surface area contributed by atoms with Crippen LogP contribution < -0.4 is 0 Å². The van der Waals surface area contributed by atoms with Crippen molar-refractivity contribution < 1.29 is 0 Å².